The second-order valence-electron chi connectivity index (χ2n) is 7.11. The first-order valence-electron chi connectivity index (χ1n) is 9.59. The third-order valence-electron chi connectivity index (χ3n) is 5.03. The van der Waals surface area contributed by atoms with E-state index in [0.29, 0.717) is 5.75 Å². The van der Waals surface area contributed by atoms with E-state index in [-0.39, 0.29) is 12.5 Å². The number of anilines is 2. The molecule has 4 heteroatoms. The molecule has 3 aromatic rings. The molecule has 1 heterocycles. The average molecular weight is 372 g/mol. The minimum Gasteiger partial charge on any atom is -0.484 e. The fourth-order valence-electron chi connectivity index (χ4n) is 3.53. The van der Waals surface area contributed by atoms with Gasteiger partial charge in [0.25, 0.3) is 5.91 Å². The van der Waals surface area contributed by atoms with E-state index >= 15 is 0 Å². The highest BCUT2D eigenvalue weighted by molar-refractivity contribution is 5.92. The number of benzene rings is 3. The number of nitrogens with one attached hydrogen (secondary N) is 1. The van der Waals surface area contributed by atoms with Gasteiger partial charge in [0.05, 0.1) is 0 Å². The molecule has 1 aliphatic rings. The van der Waals surface area contributed by atoms with Crippen molar-refractivity contribution in [2.45, 2.75) is 19.9 Å². The summed E-state index contributed by atoms with van der Waals surface area (Å²) >= 11 is 0. The van der Waals surface area contributed by atoms with Crippen LogP contribution in [0.1, 0.15) is 16.7 Å². The summed E-state index contributed by atoms with van der Waals surface area (Å²) in [5.74, 6) is 0.539. The maximum Gasteiger partial charge on any atom is 0.262 e. The second-order valence-corrected chi connectivity index (χ2v) is 7.11. The second kappa shape index (κ2) is 8.17. The highest BCUT2D eigenvalue weighted by atomic mass is 16.5. The number of aryl methyl sites for hydroxylation is 1. The van der Waals surface area contributed by atoms with Crippen LogP contribution in [0, 0.1) is 6.92 Å². The van der Waals surface area contributed by atoms with Crippen molar-refractivity contribution in [2.24, 2.45) is 0 Å². The Morgan fingerprint density at radius 3 is 2.61 bits per heavy atom. The maximum atomic E-state index is 12.4. The summed E-state index contributed by atoms with van der Waals surface area (Å²) < 4.78 is 5.59. The zero-order valence-electron chi connectivity index (χ0n) is 16.0. The third-order valence-corrected chi connectivity index (χ3v) is 5.03. The summed E-state index contributed by atoms with van der Waals surface area (Å²) in [5, 5.41) is 3.00. The van der Waals surface area contributed by atoms with Crippen molar-refractivity contribution >= 4 is 17.3 Å². The van der Waals surface area contributed by atoms with E-state index in [1.807, 2.05) is 49.4 Å². The van der Waals surface area contributed by atoms with Crippen LogP contribution in [0.5, 0.6) is 5.75 Å². The van der Waals surface area contributed by atoms with E-state index in [1.54, 1.807) is 0 Å². The van der Waals surface area contributed by atoms with Crippen molar-refractivity contribution in [3.05, 3.63) is 89.5 Å². The Morgan fingerprint density at radius 2 is 1.75 bits per heavy atom. The number of carbonyl (C=O) groups excluding carboxylic acids is 1. The Hall–Kier alpha value is -3.27. The first-order valence-corrected chi connectivity index (χ1v) is 9.59. The number of fused-ring (bicyclic) bond motifs is 1. The van der Waals surface area contributed by atoms with Crippen molar-refractivity contribution in [1.82, 2.24) is 0 Å². The van der Waals surface area contributed by atoms with Gasteiger partial charge in [-0.2, -0.15) is 0 Å². The monoisotopic (exact) mass is 372 g/mol. The zero-order chi connectivity index (χ0) is 19.3. The smallest absolute Gasteiger partial charge is 0.262 e. The van der Waals surface area contributed by atoms with Gasteiger partial charge in [-0.3, -0.25) is 4.79 Å². The zero-order valence-corrected chi connectivity index (χ0v) is 16.0. The molecule has 0 bridgehead atoms. The van der Waals surface area contributed by atoms with Gasteiger partial charge in [-0.15, -0.1) is 0 Å². The standard InChI is InChI=1S/C24H24N2O2/c1-18-10-12-21(13-11-18)28-17-24(27)25-22-8-4-2-7-20(22)16-26-15-14-19-6-3-5-9-23(19)26/h2-13H,14-17H2,1H3,(H,25,27). The van der Waals surface area contributed by atoms with Crippen LogP contribution in [0.2, 0.25) is 0 Å². The number of nitrogens with zero attached hydrogens (tertiary/aromatic N) is 1. The molecule has 0 fully saturated rings. The van der Waals surface area contributed by atoms with Gasteiger partial charge in [0.1, 0.15) is 5.75 Å². The van der Waals surface area contributed by atoms with Crippen LogP contribution in [-0.4, -0.2) is 19.1 Å². The lowest BCUT2D eigenvalue weighted by Gasteiger charge is -2.21. The quantitative estimate of drug-likeness (QED) is 0.689. The van der Waals surface area contributed by atoms with Crippen molar-refractivity contribution in [1.29, 1.82) is 0 Å². The van der Waals surface area contributed by atoms with Crippen LogP contribution in [0.4, 0.5) is 11.4 Å². The molecule has 0 aliphatic carbocycles. The number of hydrogen-bond acceptors (Lipinski definition) is 3. The molecule has 1 N–H and O–H groups in total. The highest BCUT2D eigenvalue weighted by Gasteiger charge is 2.19. The fraction of sp³-hybridized carbons (Fsp3) is 0.208. The van der Waals surface area contributed by atoms with Crippen LogP contribution in [0.3, 0.4) is 0 Å². The van der Waals surface area contributed by atoms with E-state index in [4.69, 9.17) is 4.74 Å². The first-order chi connectivity index (χ1) is 13.7. The molecule has 0 saturated carbocycles. The van der Waals surface area contributed by atoms with Gasteiger partial charge in [0.15, 0.2) is 6.61 Å². The number of carbonyl (C=O) groups is 1. The van der Waals surface area contributed by atoms with E-state index in [9.17, 15) is 4.79 Å². The van der Waals surface area contributed by atoms with E-state index in [1.165, 1.54) is 11.3 Å². The third kappa shape index (κ3) is 4.17. The van der Waals surface area contributed by atoms with Crippen molar-refractivity contribution in [2.75, 3.05) is 23.4 Å². The Labute approximate surface area is 165 Å². The predicted octanol–water partition coefficient (Wildman–Crippen LogP) is 4.58. The normalized spacial score (nSPS) is 12.5. The van der Waals surface area contributed by atoms with E-state index in [2.05, 4.69) is 40.5 Å². The minimum absolute atomic E-state index is 0.00998. The van der Waals surface area contributed by atoms with E-state index in [0.717, 1.165) is 36.3 Å². The molecular formula is C24H24N2O2. The van der Waals surface area contributed by atoms with Gasteiger partial charge in [-0.25, -0.2) is 0 Å². The topological polar surface area (TPSA) is 41.6 Å². The molecule has 4 rings (SSSR count). The summed E-state index contributed by atoms with van der Waals surface area (Å²) in [4.78, 5) is 14.8. The van der Waals surface area contributed by atoms with Crippen LogP contribution < -0.4 is 15.0 Å². The number of hydrogen-bond donors (Lipinski definition) is 1. The molecule has 28 heavy (non-hydrogen) atoms. The number of para-hydroxylation sites is 2. The van der Waals surface area contributed by atoms with Crippen LogP contribution in [0.15, 0.2) is 72.8 Å². The molecule has 142 valence electrons. The Morgan fingerprint density at radius 1 is 1.00 bits per heavy atom. The Bertz CT molecular complexity index is 966. The SMILES string of the molecule is Cc1ccc(OCC(=O)Nc2ccccc2CN2CCc3ccccc32)cc1. The van der Waals surface area contributed by atoms with Crippen molar-refractivity contribution in [3.63, 3.8) is 0 Å². The summed E-state index contributed by atoms with van der Waals surface area (Å²) in [6.45, 7) is 3.78. The Balaban J connectivity index is 1.40. The molecule has 3 aromatic carbocycles. The molecule has 0 unspecified atom stereocenters. The molecule has 0 spiro atoms. The van der Waals surface area contributed by atoms with Crippen molar-refractivity contribution in [3.8, 4) is 5.75 Å². The highest BCUT2D eigenvalue weighted by Crippen LogP contribution is 2.30. The van der Waals surface area contributed by atoms with Gasteiger partial charge in [-0.1, -0.05) is 54.1 Å². The molecular weight excluding hydrogens is 348 g/mol. The lowest BCUT2D eigenvalue weighted by atomic mass is 10.1. The first kappa shape index (κ1) is 18.1. The van der Waals surface area contributed by atoms with Crippen LogP contribution in [0.25, 0.3) is 0 Å². The van der Waals surface area contributed by atoms with E-state index < -0.39 is 0 Å². The summed E-state index contributed by atoms with van der Waals surface area (Å²) in [6.07, 6.45) is 1.06. The molecule has 1 amide bonds. The van der Waals surface area contributed by atoms with Gasteiger partial charge in [-0.05, 0) is 48.7 Å². The lowest BCUT2D eigenvalue weighted by molar-refractivity contribution is -0.118. The molecule has 0 saturated heterocycles. The molecule has 0 atom stereocenters. The van der Waals surface area contributed by atoms with Gasteiger partial charge in [0, 0.05) is 24.5 Å². The summed E-state index contributed by atoms with van der Waals surface area (Å²) in [7, 11) is 0. The maximum absolute atomic E-state index is 12.4. The Kier molecular flexibility index (Phi) is 5.29. The summed E-state index contributed by atoms with van der Waals surface area (Å²) in [5.41, 5.74) is 5.77. The molecule has 0 aromatic heterocycles. The summed E-state index contributed by atoms with van der Waals surface area (Å²) in [6, 6.07) is 24.2. The lowest BCUT2D eigenvalue weighted by Crippen LogP contribution is -2.23. The van der Waals surface area contributed by atoms with Gasteiger partial charge >= 0.3 is 0 Å². The van der Waals surface area contributed by atoms with Crippen molar-refractivity contribution < 1.29 is 9.53 Å². The van der Waals surface area contributed by atoms with Gasteiger partial charge < -0.3 is 15.0 Å². The molecule has 0 radical (unpaired) electrons. The molecule has 1 aliphatic heterocycles. The number of rotatable bonds is 6. The average Bonchev–Trinajstić information content (AvgIpc) is 3.12. The van der Waals surface area contributed by atoms with Crippen LogP contribution in [-0.2, 0) is 17.8 Å². The predicted molar refractivity (Wildman–Crippen MR) is 113 cm³/mol. The largest absolute Gasteiger partial charge is 0.484 e. The molecule has 4 nitrogen and oxygen atoms in total. The number of ether oxygens (including phenoxy) is 1. The minimum atomic E-state index is -0.158. The van der Waals surface area contributed by atoms with Gasteiger partial charge in [0.2, 0.25) is 0 Å². The van der Waals surface area contributed by atoms with Crippen LogP contribution >= 0.6 is 0 Å². The number of amides is 1. The fourth-order valence-corrected chi connectivity index (χ4v) is 3.53.